The second-order valence-electron chi connectivity index (χ2n) is 9.08. The molecule has 11 heteroatoms. The standard InChI is InChI=1S/C27H26ClNO3S.C2HF3O2/c28-27-25(12-17-33-27)24-10-4-19-18-20(30)5-11-23(19)26(24)32-22-8-6-21(7-9-22)31-16-15-29-13-2-1-3-14-29;3-2(4,5)1(6)7/h4-12,17-18,30H,1-3,13-16H2;(H,6,7). The van der Waals surface area contributed by atoms with Crippen LogP contribution in [0.1, 0.15) is 19.3 Å². The van der Waals surface area contributed by atoms with Crippen molar-refractivity contribution < 1.29 is 37.7 Å². The van der Waals surface area contributed by atoms with Crippen molar-refractivity contribution in [3.63, 3.8) is 0 Å². The first-order valence-electron chi connectivity index (χ1n) is 12.5. The van der Waals surface area contributed by atoms with Crippen molar-refractivity contribution in [2.24, 2.45) is 0 Å². The Kier molecular flexibility index (Phi) is 9.78. The minimum Gasteiger partial charge on any atom is -0.508 e. The molecule has 40 heavy (non-hydrogen) atoms. The third-order valence-electron chi connectivity index (χ3n) is 6.27. The normalized spacial score (nSPS) is 13.9. The Balaban J connectivity index is 0.000000470. The molecule has 2 heterocycles. The van der Waals surface area contributed by atoms with Crippen LogP contribution in [0.5, 0.6) is 23.0 Å². The first-order chi connectivity index (χ1) is 19.1. The zero-order valence-corrected chi connectivity index (χ0v) is 22.9. The molecule has 0 saturated carbocycles. The number of nitrogens with zero attached hydrogens (tertiary/aromatic N) is 1. The summed E-state index contributed by atoms with van der Waals surface area (Å²) in [5, 5.41) is 20.8. The van der Waals surface area contributed by atoms with Gasteiger partial charge in [0.1, 0.15) is 33.9 Å². The zero-order valence-electron chi connectivity index (χ0n) is 21.3. The molecule has 6 nitrogen and oxygen atoms in total. The Morgan fingerprint density at radius 2 is 1.62 bits per heavy atom. The number of thiophene rings is 1. The Labute approximate surface area is 238 Å². The molecule has 212 valence electrons. The number of hydrogen-bond acceptors (Lipinski definition) is 6. The fourth-order valence-corrected chi connectivity index (χ4v) is 5.24. The summed E-state index contributed by atoms with van der Waals surface area (Å²) in [5.74, 6) is -0.269. The number of alkyl halides is 3. The van der Waals surface area contributed by atoms with Crippen LogP contribution in [0, 0.1) is 0 Å². The van der Waals surface area contributed by atoms with E-state index in [9.17, 15) is 18.3 Å². The second kappa shape index (κ2) is 13.3. The molecule has 1 saturated heterocycles. The lowest BCUT2D eigenvalue weighted by molar-refractivity contribution is -0.192. The van der Waals surface area contributed by atoms with Gasteiger partial charge in [-0.25, -0.2) is 4.79 Å². The van der Waals surface area contributed by atoms with E-state index in [1.807, 2.05) is 53.9 Å². The molecule has 5 rings (SSSR count). The average molecular weight is 594 g/mol. The van der Waals surface area contributed by atoms with Crippen molar-refractivity contribution in [2.45, 2.75) is 25.4 Å². The fraction of sp³-hybridized carbons (Fsp3) is 0.276. The molecule has 0 amide bonds. The molecule has 0 radical (unpaired) electrons. The van der Waals surface area contributed by atoms with E-state index in [1.54, 1.807) is 12.1 Å². The van der Waals surface area contributed by atoms with Gasteiger partial charge in [-0.1, -0.05) is 24.1 Å². The van der Waals surface area contributed by atoms with Crippen LogP contribution in [-0.4, -0.2) is 53.5 Å². The van der Waals surface area contributed by atoms with Crippen molar-refractivity contribution in [1.82, 2.24) is 4.90 Å². The van der Waals surface area contributed by atoms with Gasteiger partial charge in [0.15, 0.2) is 0 Å². The van der Waals surface area contributed by atoms with Gasteiger partial charge in [-0.3, -0.25) is 4.90 Å². The number of hydrogen-bond donors (Lipinski definition) is 2. The molecule has 0 unspecified atom stereocenters. The summed E-state index contributed by atoms with van der Waals surface area (Å²) in [7, 11) is 0. The summed E-state index contributed by atoms with van der Waals surface area (Å²) < 4.78 is 44.8. The number of carboxylic acids is 1. The minimum atomic E-state index is -5.08. The summed E-state index contributed by atoms with van der Waals surface area (Å²) >= 11 is 7.95. The predicted octanol–water partition coefficient (Wildman–Crippen LogP) is 8.22. The lowest BCUT2D eigenvalue weighted by Crippen LogP contribution is -2.33. The number of carbonyl (C=O) groups is 1. The highest BCUT2D eigenvalue weighted by Crippen LogP contribution is 2.44. The summed E-state index contributed by atoms with van der Waals surface area (Å²) in [5.41, 5.74) is 1.85. The van der Waals surface area contributed by atoms with E-state index in [0.29, 0.717) is 18.1 Å². The molecular formula is C29H27ClF3NO5S. The maximum absolute atomic E-state index is 10.6. The summed E-state index contributed by atoms with van der Waals surface area (Å²) in [6.07, 6.45) is -1.16. The van der Waals surface area contributed by atoms with Crippen LogP contribution in [0.15, 0.2) is 66.0 Å². The van der Waals surface area contributed by atoms with E-state index in [4.69, 9.17) is 31.0 Å². The van der Waals surface area contributed by atoms with Crippen LogP contribution in [0.25, 0.3) is 21.9 Å². The van der Waals surface area contributed by atoms with E-state index >= 15 is 0 Å². The van der Waals surface area contributed by atoms with Gasteiger partial charge in [-0.05, 0) is 91.3 Å². The largest absolute Gasteiger partial charge is 0.508 e. The maximum atomic E-state index is 10.6. The number of likely N-dealkylation sites (tertiary alicyclic amines) is 1. The van der Waals surface area contributed by atoms with Gasteiger partial charge < -0.3 is 19.7 Å². The summed E-state index contributed by atoms with van der Waals surface area (Å²) in [6.45, 7) is 4.00. The van der Waals surface area contributed by atoms with Crippen LogP contribution in [0.4, 0.5) is 13.2 Å². The molecule has 4 aromatic rings. The molecule has 1 fully saturated rings. The van der Waals surface area contributed by atoms with E-state index in [2.05, 4.69) is 4.90 Å². The number of halogens is 4. The maximum Gasteiger partial charge on any atom is 0.490 e. The highest BCUT2D eigenvalue weighted by atomic mass is 35.5. The molecule has 1 aliphatic heterocycles. The van der Waals surface area contributed by atoms with E-state index < -0.39 is 12.1 Å². The van der Waals surface area contributed by atoms with Crippen LogP contribution in [0.3, 0.4) is 0 Å². The number of benzene rings is 3. The van der Waals surface area contributed by atoms with Gasteiger partial charge in [-0.2, -0.15) is 13.2 Å². The van der Waals surface area contributed by atoms with Crippen molar-refractivity contribution in [1.29, 1.82) is 0 Å². The average Bonchev–Trinajstić information content (AvgIpc) is 3.35. The number of piperidine rings is 1. The van der Waals surface area contributed by atoms with Crippen LogP contribution >= 0.6 is 22.9 Å². The van der Waals surface area contributed by atoms with Gasteiger partial charge in [0.2, 0.25) is 0 Å². The number of phenolic OH excluding ortho intramolecular Hbond substituents is 1. The minimum absolute atomic E-state index is 0.223. The number of rotatable bonds is 7. The lowest BCUT2D eigenvalue weighted by atomic mass is 10.0. The SMILES string of the molecule is O=C(O)C(F)(F)F.Oc1ccc2c(Oc3ccc(OCCN4CCCCC4)cc3)c(-c3ccsc3Cl)ccc2c1. The van der Waals surface area contributed by atoms with Gasteiger partial charge in [0, 0.05) is 23.1 Å². The lowest BCUT2D eigenvalue weighted by Gasteiger charge is -2.26. The number of fused-ring (bicyclic) bond motifs is 1. The molecule has 1 aliphatic rings. The van der Waals surface area contributed by atoms with Gasteiger partial charge in [0.25, 0.3) is 0 Å². The zero-order chi connectivity index (χ0) is 28.7. The van der Waals surface area contributed by atoms with Crippen molar-refractivity contribution in [2.75, 3.05) is 26.2 Å². The Morgan fingerprint density at radius 1 is 0.950 bits per heavy atom. The first-order valence-corrected chi connectivity index (χ1v) is 13.8. The summed E-state index contributed by atoms with van der Waals surface area (Å²) in [6, 6.07) is 19.0. The molecule has 0 aliphatic carbocycles. The highest BCUT2D eigenvalue weighted by Gasteiger charge is 2.38. The van der Waals surface area contributed by atoms with Gasteiger partial charge in [-0.15, -0.1) is 11.3 Å². The van der Waals surface area contributed by atoms with Crippen molar-refractivity contribution in [3.05, 3.63) is 70.4 Å². The molecule has 0 bridgehead atoms. The molecule has 0 atom stereocenters. The molecule has 3 aromatic carbocycles. The van der Waals surface area contributed by atoms with Crippen molar-refractivity contribution >= 4 is 39.7 Å². The second-order valence-corrected chi connectivity index (χ2v) is 10.6. The molecule has 1 aromatic heterocycles. The number of carboxylic acid groups (broad SMARTS) is 1. The topological polar surface area (TPSA) is 79.2 Å². The first kappa shape index (κ1) is 29.5. The molecule has 0 spiro atoms. The Morgan fingerprint density at radius 3 is 2.25 bits per heavy atom. The van der Waals surface area contributed by atoms with Crippen molar-refractivity contribution in [3.8, 4) is 34.1 Å². The van der Waals surface area contributed by atoms with E-state index in [1.165, 1.54) is 43.7 Å². The quantitative estimate of drug-likeness (QED) is 0.225. The smallest absolute Gasteiger partial charge is 0.490 e. The number of ether oxygens (including phenoxy) is 2. The number of aromatic hydroxyl groups is 1. The van der Waals surface area contributed by atoms with Gasteiger partial charge in [0.05, 0.1) is 0 Å². The van der Waals surface area contributed by atoms with Crippen LogP contribution < -0.4 is 9.47 Å². The monoisotopic (exact) mass is 593 g/mol. The number of aliphatic carboxylic acids is 1. The number of phenols is 1. The molecule has 2 N–H and O–H groups in total. The van der Waals surface area contributed by atoms with Crippen LogP contribution in [0.2, 0.25) is 4.34 Å². The fourth-order valence-electron chi connectivity index (χ4n) is 4.29. The van der Waals surface area contributed by atoms with E-state index in [-0.39, 0.29) is 5.75 Å². The van der Waals surface area contributed by atoms with E-state index in [0.717, 1.165) is 38.5 Å². The van der Waals surface area contributed by atoms with Crippen LogP contribution in [-0.2, 0) is 4.79 Å². The highest BCUT2D eigenvalue weighted by molar-refractivity contribution is 7.15. The predicted molar refractivity (Wildman–Crippen MR) is 150 cm³/mol. The Bertz CT molecular complexity index is 1440. The molecular weight excluding hydrogens is 567 g/mol. The van der Waals surface area contributed by atoms with Gasteiger partial charge >= 0.3 is 12.1 Å². The third-order valence-corrected chi connectivity index (χ3v) is 7.44. The Hall–Kier alpha value is -3.47. The third kappa shape index (κ3) is 7.80. The summed E-state index contributed by atoms with van der Waals surface area (Å²) in [4.78, 5) is 11.4.